The summed E-state index contributed by atoms with van der Waals surface area (Å²) in [4.78, 5) is 24.6. The largest absolute Gasteiger partial charge is 0.449 e. The quantitative estimate of drug-likeness (QED) is 0.802. The zero-order valence-electron chi connectivity index (χ0n) is 11.8. The Hall–Kier alpha value is -1.98. The number of carbonyl (C=O) groups excluding carboxylic acids is 2. The summed E-state index contributed by atoms with van der Waals surface area (Å²) in [7, 11) is 0. The smallest absolute Gasteiger partial charge is 0.416 e. The van der Waals surface area contributed by atoms with Crippen LogP contribution in [0.25, 0.3) is 0 Å². The maximum Gasteiger partial charge on any atom is 0.416 e. The number of benzene rings is 1. The molecule has 1 saturated heterocycles. The maximum absolute atomic E-state index is 13.2. The third kappa shape index (κ3) is 3.77. The predicted molar refractivity (Wildman–Crippen MR) is 71.7 cm³/mol. The van der Waals surface area contributed by atoms with Crippen molar-refractivity contribution in [3.8, 4) is 0 Å². The molecule has 21 heavy (non-hydrogen) atoms. The number of hydrogen-bond acceptors (Lipinski definition) is 3. The van der Waals surface area contributed by atoms with Gasteiger partial charge in [-0.1, -0.05) is 13.3 Å². The molecule has 6 heteroatoms. The van der Waals surface area contributed by atoms with Gasteiger partial charge in [0.15, 0.2) is 0 Å². The molecule has 0 radical (unpaired) electrons. The molecule has 0 spiro atoms. The Labute approximate surface area is 121 Å². The Bertz CT molecular complexity index is 527. The monoisotopic (exact) mass is 297 g/mol. The van der Waals surface area contributed by atoms with Crippen molar-refractivity contribution in [2.75, 3.05) is 13.2 Å². The Balaban J connectivity index is 2.03. The molecule has 1 aromatic carbocycles. The number of rotatable bonds is 4. The average Bonchev–Trinajstić information content (AvgIpc) is 2.80. The maximum atomic E-state index is 13.2. The number of unbranched alkanes of at least 4 members (excludes halogenated alkanes) is 1. The second-order valence-electron chi connectivity index (χ2n) is 5.08. The first-order valence-electron chi connectivity index (χ1n) is 6.94. The molecule has 0 aliphatic carbocycles. The van der Waals surface area contributed by atoms with E-state index in [0.29, 0.717) is 5.56 Å². The fourth-order valence-corrected chi connectivity index (χ4v) is 2.30. The van der Waals surface area contributed by atoms with Gasteiger partial charge in [0.05, 0.1) is 6.61 Å². The zero-order chi connectivity index (χ0) is 15.4. The number of imide groups is 1. The van der Waals surface area contributed by atoms with Crippen molar-refractivity contribution in [3.63, 3.8) is 0 Å². The van der Waals surface area contributed by atoms with Crippen molar-refractivity contribution in [1.82, 2.24) is 4.90 Å². The molecule has 1 aliphatic heterocycles. The van der Waals surface area contributed by atoms with Crippen LogP contribution in [0.2, 0.25) is 0 Å². The summed E-state index contributed by atoms with van der Waals surface area (Å²) in [5, 5.41) is 0. The van der Waals surface area contributed by atoms with E-state index in [-0.39, 0.29) is 25.5 Å². The fourth-order valence-electron chi connectivity index (χ4n) is 2.30. The highest BCUT2D eigenvalue weighted by molar-refractivity contribution is 5.94. The van der Waals surface area contributed by atoms with Crippen LogP contribution < -0.4 is 0 Å². The third-order valence-electron chi connectivity index (χ3n) is 3.43. The Morgan fingerprint density at radius 3 is 2.62 bits per heavy atom. The van der Waals surface area contributed by atoms with Gasteiger partial charge in [-0.3, -0.25) is 4.79 Å². The molecule has 2 rings (SSSR count). The Morgan fingerprint density at radius 2 is 2.00 bits per heavy atom. The number of amides is 2. The van der Waals surface area contributed by atoms with E-state index in [0.717, 1.165) is 23.8 Å². The van der Waals surface area contributed by atoms with E-state index in [1.807, 2.05) is 6.92 Å². The van der Waals surface area contributed by atoms with Crippen LogP contribution in [0.3, 0.4) is 0 Å². The summed E-state index contributed by atoms with van der Waals surface area (Å²) in [6, 6.07) is 3.15. The van der Waals surface area contributed by atoms with Crippen LogP contribution in [0.5, 0.6) is 0 Å². The lowest BCUT2D eigenvalue weighted by Gasteiger charge is -2.15. The fraction of sp³-hybridized carbons (Fsp3) is 0.467. The second kappa shape index (κ2) is 6.65. The van der Waals surface area contributed by atoms with Crippen molar-refractivity contribution in [2.45, 2.75) is 32.1 Å². The summed E-state index contributed by atoms with van der Waals surface area (Å²) >= 11 is 0. The van der Waals surface area contributed by atoms with Gasteiger partial charge in [0.25, 0.3) is 0 Å². The summed E-state index contributed by atoms with van der Waals surface area (Å²) in [6.07, 6.45) is 0.970. The van der Waals surface area contributed by atoms with E-state index in [4.69, 9.17) is 4.74 Å². The van der Waals surface area contributed by atoms with Gasteiger partial charge < -0.3 is 4.74 Å². The van der Waals surface area contributed by atoms with Gasteiger partial charge in [0.1, 0.15) is 11.6 Å². The average molecular weight is 297 g/mol. The third-order valence-corrected chi connectivity index (χ3v) is 3.43. The van der Waals surface area contributed by atoms with Crippen LogP contribution in [0.1, 0.15) is 37.7 Å². The molecule has 0 unspecified atom stereocenters. The van der Waals surface area contributed by atoms with E-state index in [1.165, 1.54) is 12.1 Å². The molecule has 1 aromatic rings. The van der Waals surface area contributed by atoms with Crippen LogP contribution in [-0.2, 0) is 9.53 Å². The van der Waals surface area contributed by atoms with Crippen molar-refractivity contribution >= 4 is 12.0 Å². The van der Waals surface area contributed by atoms with Crippen molar-refractivity contribution in [3.05, 3.63) is 35.4 Å². The molecule has 2 amide bonds. The first kappa shape index (κ1) is 15.4. The second-order valence-corrected chi connectivity index (χ2v) is 5.08. The lowest BCUT2D eigenvalue weighted by molar-refractivity contribution is -0.126. The van der Waals surface area contributed by atoms with Crippen LogP contribution in [0, 0.1) is 11.6 Å². The highest BCUT2D eigenvalue weighted by Crippen LogP contribution is 2.29. The van der Waals surface area contributed by atoms with E-state index in [9.17, 15) is 18.4 Å². The van der Waals surface area contributed by atoms with Crippen LogP contribution in [-0.4, -0.2) is 30.1 Å². The normalized spacial score (nSPS) is 18.1. The van der Waals surface area contributed by atoms with Crippen molar-refractivity contribution in [1.29, 1.82) is 0 Å². The van der Waals surface area contributed by atoms with Gasteiger partial charge >= 0.3 is 6.09 Å². The molecule has 1 atom stereocenters. The molecule has 114 valence electrons. The molecule has 4 nitrogen and oxygen atoms in total. The first-order valence-corrected chi connectivity index (χ1v) is 6.94. The first-order chi connectivity index (χ1) is 10.0. The van der Waals surface area contributed by atoms with E-state index < -0.39 is 23.6 Å². The van der Waals surface area contributed by atoms with E-state index in [2.05, 4.69) is 0 Å². The Morgan fingerprint density at radius 1 is 1.33 bits per heavy atom. The van der Waals surface area contributed by atoms with Gasteiger partial charge in [0, 0.05) is 24.9 Å². The molecule has 1 fully saturated rings. The number of carbonyl (C=O) groups is 2. The van der Waals surface area contributed by atoms with E-state index in [1.54, 1.807) is 0 Å². The van der Waals surface area contributed by atoms with Crippen LogP contribution in [0.15, 0.2) is 18.2 Å². The van der Waals surface area contributed by atoms with Gasteiger partial charge in [-0.25, -0.2) is 18.5 Å². The number of halogens is 2. The lowest BCUT2D eigenvalue weighted by atomic mass is 9.98. The predicted octanol–water partition coefficient (Wildman–Crippen LogP) is 3.22. The number of ether oxygens (including phenoxy) is 1. The minimum absolute atomic E-state index is 0.0474. The van der Waals surface area contributed by atoms with Crippen LogP contribution in [0.4, 0.5) is 13.6 Å². The topological polar surface area (TPSA) is 46.6 Å². The van der Waals surface area contributed by atoms with Gasteiger partial charge in [-0.05, 0) is 24.1 Å². The van der Waals surface area contributed by atoms with Gasteiger partial charge in [-0.15, -0.1) is 0 Å². The minimum atomic E-state index is -0.693. The van der Waals surface area contributed by atoms with Crippen molar-refractivity contribution < 1.29 is 23.1 Å². The number of likely N-dealkylation sites (tertiary alicyclic amines) is 1. The molecule has 0 bridgehead atoms. The van der Waals surface area contributed by atoms with Gasteiger partial charge in [-0.2, -0.15) is 0 Å². The molecule has 1 heterocycles. The van der Waals surface area contributed by atoms with Crippen molar-refractivity contribution in [2.24, 2.45) is 0 Å². The molecular weight excluding hydrogens is 280 g/mol. The summed E-state index contributed by atoms with van der Waals surface area (Å²) in [6.45, 7) is 2.31. The number of nitrogens with zero attached hydrogens (tertiary/aromatic N) is 1. The minimum Gasteiger partial charge on any atom is -0.449 e. The van der Waals surface area contributed by atoms with Crippen LogP contribution >= 0.6 is 0 Å². The molecule has 1 aliphatic rings. The summed E-state index contributed by atoms with van der Waals surface area (Å²) < 4.78 is 31.4. The molecular formula is C15H17F2NO3. The molecule has 0 aromatic heterocycles. The highest BCUT2D eigenvalue weighted by atomic mass is 19.1. The lowest BCUT2D eigenvalue weighted by Crippen LogP contribution is -2.33. The summed E-state index contributed by atoms with van der Waals surface area (Å²) in [5.41, 5.74) is 0.379. The number of hydrogen-bond donors (Lipinski definition) is 0. The highest BCUT2D eigenvalue weighted by Gasteiger charge is 2.35. The molecule has 0 saturated carbocycles. The zero-order valence-corrected chi connectivity index (χ0v) is 11.8. The summed E-state index contributed by atoms with van der Waals surface area (Å²) in [5.74, 6) is -2.17. The Kier molecular flexibility index (Phi) is 4.88. The molecule has 0 N–H and O–H groups in total. The van der Waals surface area contributed by atoms with E-state index >= 15 is 0 Å². The SMILES string of the molecule is CCCCOC(=O)N1C[C@H](c2cc(F)cc(F)c2)CC1=O. The standard InChI is InChI=1S/C15H17F2NO3/c1-2-3-4-21-15(20)18-9-11(7-14(18)19)10-5-12(16)8-13(17)6-10/h5-6,8,11H,2-4,7,9H2,1H3/t11-/m1/s1. The van der Waals surface area contributed by atoms with Gasteiger partial charge in [0.2, 0.25) is 5.91 Å².